The summed E-state index contributed by atoms with van der Waals surface area (Å²) in [4.78, 5) is 80.5. The van der Waals surface area contributed by atoms with Crippen molar-refractivity contribution in [2.24, 2.45) is 40.5 Å². The number of halogens is 6. The molecule has 1 heterocycles. The van der Waals surface area contributed by atoms with Crippen LogP contribution in [0.25, 0.3) is 38.2 Å². The van der Waals surface area contributed by atoms with E-state index in [9.17, 15) is 55.1 Å². The summed E-state index contributed by atoms with van der Waals surface area (Å²) in [5.74, 6) is -5.04. The van der Waals surface area contributed by atoms with Crippen LogP contribution in [0.3, 0.4) is 0 Å². The van der Waals surface area contributed by atoms with Gasteiger partial charge in [-0.2, -0.15) is 5.26 Å². The predicted molar refractivity (Wildman–Crippen MR) is 396 cm³/mol. The number of nitriles is 1. The Hall–Kier alpha value is -12.8. The number of amides is 3. The summed E-state index contributed by atoms with van der Waals surface area (Å²) in [5, 5.41) is 37.4. The van der Waals surface area contributed by atoms with E-state index in [2.05, 4.69) is 45.3 Å². The number of phenolic OH excluding ortho intramolecular Hbond substituents is 1. The molecule has 3 amide bonds. The third kappa shape index (κ3) is 21.1. The van der Waals surface area contributed by atoms with E-state index >= 15 is 0 Å². The van der Waals surface area contributed by atoms with Crippen molar-refractivity contribution in [3.63, 3.8) is 0 Å². The average molecular weight is 1510 g/mol. The van der Waals surface area contributed by atoms with E-state index in [0.717, 1.165) is 69.8 Å². The fourth-order valence-corrected chi connectivity index (χ4v) is 11.9. The van der Waals surface area contributed by atoms with Gasteiger partial charge in [0.15, 0.2) is 5.69 Å². The fraction of sp³-hybridized carbons (Fsp3) is 0.250. The normalized spacial score (nSPS) is 16.4. The number of hydrogen-bond donors (Lipinski definition) is 6. The van der Waals surface area contributed by atoms with Gasteiger partial charge >= 0.3 is 17.9 Å². The molecule has 0 bridgehead atoms. The highest BCUT2D eigenvalue weighted by atomic mass is 19.1. The van der Waals surface area contributed by atoms with Crippen LogP contribution in [-0.4, -0.2) is 106 Å². The summed E-state index contributed by atoms with van der Waals surface area (Å²) < 4.78 is 112. The molecular weight excluding hydrogens is 1430 g/mol. The van der Waals surface area contributed by atoms with Crippen molar-refractivity contribution in [3.05, 3.63) is 273 Å². The number of nitrogens with zero attached hydrogens (tertiary/aromatic N) is 3. The highest BCUT2D eigenvalue weighted by molar-refractivity contribution is 6.01. The molecule has 0 spiro atoms. The van der Waals surface area contributed by atoms with Crippen molar-refractivity contribution in [2.75, 3.05) is 54.2 Å². The van der Waals surface area contributed by atoms with Gasteiger partial charge in [-0.25, -0.2) is 45.6 Å². The molecule has 6 unspecified atom stereocenters. The van der Waals surface area contributed by atoms with Gasteiger partial charge in [-0.1, -0.05) is 92.4 Å². The largest absolute Gasteiger partial charge is 0.508 e. The molecule has 20 nitrogen and oxygen atoms in total. The Kier molecular flexibility index (Phi) is 28.2. The summed E-state index contributed by atoms with van der Waals surface area (Å²) in [6.07, 6.45) is 2.03. The molecular formula is C84H77F6N7O13. The molecule has 4 aliphatic rings. The molecule has 13 rings (SSSR count). The minimum atomic E-state index is -0.849. The maximum absolute atomic E-state index is 14.8. The highest BCUT2D eigenvalue weighted by Crippen LogP contribution is 2.42. The first-order valence-corrected chi connectivity index (χ1v) is 34.4. The van der Waals surface area contributed by atoms with E-state index in [1.807, 2.05) is 30.3 Å². The third-order valence-electron chi connectivity index (χ3n) is 18.4. The molecule has 110 heavy (non-hydrogen) atoms. The molecule has 3 saturated carbocycles. The minimum Gasteiger partial charge on any atom is -0.508 e. The van der Waals surface area contributed by atoms with Crippen LogP contribution in [0.4, 0.5) is 32.0 Å². The lowest BCUT2D eigenvalue weighted by Gasteiger charge is -2.11. The number of aromatic hydroxyl groups is 1. The first-order chi connectivity index (χ1) is 52.6. The monoisotopic (exact) mass is 1510 g/mol. The van der Waals surface area contributed by atoms with E-state index in [4.69, 9.17) is 31.5 Å². The van der Waals surface area contributed by atoms with Gasteiger partial charge in [0.1, 0.15) is 74.7 Å². The molecule has 0 aromatic heterocycles. The average Bonchev–Trinajstić information content (AvgIpc) is 1.59. The van der Waals surface area contributed by atoms with Crippen LogP contribution in [0, 0.1) is 88.3 Å². The number of amidine groups is 1. The molecule has 26 heteroatoms. The Morgan fingerprint density at radius 1 is 0.509 bits per heavy atom. The number of phenols is 1. The molecule has 9 aromatic rings. The lowest BCUT2D eigenvalue weighted by molar-refractivity contribution is -0.123. The molecule has 3 aliphatic carbocycles. The second-order valence-corrected chi connectivity index (χ2v) is 25.6. The van der Waals surface area contributed by atoms with Gasteiger partial charge in [-0.05, 0) is 156 Å². The standard InChI is InChI=1S/C29H27F2N3O4.C27H22F2N2O4.C20H19F2NO4.C7H5NO.CH4/c1-37-29(36)26-22(3-2-4-24(26)30)18-5-6-19(25(31)14-18)15-34-28(35)23-13-20(23)16-38-21-9-7-17(8-10-21)27-32-11-12-33-27;1-30-19-8-10-20(11-9-19)35-15-18-12-22(18)26(32)31-14-17-7-6-16(13-24(17)29)21-4-3-5-23(28)25(21)27(33)34-2;1-27-20(26)18-14(3-2-4-16(18)21)11-5-6-12(17(22)8-11)9-23-19(25)15-7-13(15)10-24;8-5-6-1-3-7(9)4-2-6;/h2-10,14,20,23H,11-13,15-16H2,1H3,(H,32,33)(H,34,35);3-11,13,18,22H,12,14-15H2,2H3,(H,31,32);2-6,8,13,15,24H,7,9-10H2,1H3,(H,23,25);1-4,9H;1H4. The summed E-state index contributed by atoms with van der Waals surface area (Å²) in [5.41, 5.74) is 3.79. The number of aliphatic hydroxyl groups is 1. The van der Waals surface area contributed by atoms with E-state index in [-0.39, 0.29) is 143 Å². The number of esters is 3. The van der Waals surface area contributed by atoms with Crippen LogP contribution >= 0.6 is 0 Å². The third-order valence-corrected chi connectivity index (χ3v) is 18.4. The smallest absolute Gasteiger partial charge is 0.341 e. The summed E-state index contributed by atoms with van der Waals surface area (Å²) in [6.45, 7) is 9.39. The Balaban J connectivity index is 0.000000180. The van der Waals surface area contributed by atoms with Gasteiger partial charge in [0, 0.05) is 84.6 Å². The number of ether oxygens (including phenoxy) is 5. The predicted octanol–water partition coefficient (Wildman–Crippen LogP) is 14.0. The zero-order valence-corrected chi connectivity index (χ0v) is 59.1. The topological polar surface area (TPSA) is 278 Å². The van der Waals surface area contributed by atoms with Gasteiger partial charge in [0.25, 0.3) is 0 Å². The summed E-state index contributed by atoms with van der Waals surface area (Å²) in [7, 11) is 3.45. The minimum absolute atomic E-state index is 0. The van der Waals surface area contributed by atoms with Gasteiger partial charge in [-0.15, -0.1) is 0 Å². The number of aliphatic hydroxyl groups excluding tert-OH is 1. The van der Waals surface area contributed by atoms with Crippen LogP contribution in [0.5, 0.6) is 17.2 Å². The molecule has 3 fully saturated rings. The lowest BCUT2D eigenvalue weighted by Crippen LogP contribution is -2.26. The van der Waals surface area contributed by atoms with Crippen molar-refractivity contribution in [1.29, 1.82) is 5.26 Å². The van der Waals surface area contributed by atoms with Gasteiger partial charge < -0.3 is 55.2 Å². The van der Waals surface area contributed by atoms with Crippen molar-refractivity contribution in [1.82, 2.24) is 21.3 Å². The number of hydrogen-bond acceptors (Lipinski definition) is 16. The SMILES string of the molecule is C.COC(=O)c1c(F)cccc1-c1ccc(CNC(=O)C2CC2CO)c(F)c1.COC(=O)c1c(F)cccc1-c1ccc(CNC(=O)C2CC2COc2ccc(C3=NCCN3)cc2)c(F)c1.N#Cc1ccc(O)cc1.[C-]#[N+]c1ccc(OCC2CC2C(=O)NCc2ccc(-c3cccc(F)c3C(=O)OC)cc2F)cc1. The Labute approximate surface area is 630 Å². The molecule has 6 N–H and O–H groups in total. The van der Waals surface area contributed by atoms with E-state index < -0.39 is 52.8 Å². The number of nitrogens with one attached hydrogen (secondary N) is 4. The van der Waals surface area contributed by atoms with Crippen LogP contribution in [0.1, 0.15) is 85.6 Å². The van der Waals surface area contributed by atoms with E-state index in [1.54, 1.807) is 54.6 Å². The van der Waals surface area contributed by atoms with Crippen LogP contribution < -0.4 is 30.7 Å². The molecule has 1 aliphatic heterocycles. The number of aliphatic imine (C=N–C) groups is 1. The van der Waals surface area contributed by atoms with Crippen molar-refractivity contribution in [2.45, 2.75) is 46.3 Å². The molecule has 6 atom stereocenters. The zero-order valence-electron chi connectivity index (χ0n) is 59.1. The van der Waals surface area contributed by atoms with Gasteiger partial charge in [0.2, 0.25) is 17.7 Å². The van der Waals surface area contributed by atoms with Gasteiger partial charge in [-0.3, -0.25) is 19.4 Å². The Morgan fingerprint density at radius 3 is 1.20 bits per heavy atom. The maximum Gasteiger partial charge on any atom is 0.341 e. The van der Waals surface area contributed by atoms with Crippen LogP contribution in [0.15, 0.2) is 187 Å². The molecule has 0 saturated heterocycles. The first kappa shape index (κ1) is 81.3. The Bertz CT molecular complexity index is 4960. The summed E-state index contributed by atoms with van der Waals surface area (Å²) >= 11 is 0. The molecule has 568 valence electrons. The van der Waals surface area contributed by atoms with Crippen molar-refractivity contribution in [3.8, 4) is 56.7 Å². The van der Waals surface area contributed by atoms with E-state index in [1.165, 1.54) is 84.9 Å². The summed E-state index contributed by atoms with van der Waals surface area (Å²) in [6, 6.07) is 47.6. The second-order valence-electron chi connectivity index (χ2n) is 25.6. The number of benzene rings is 9. The van der Waals surface area contributed by atoms with Crippen molar-refractivity contribution >= 4 is 47.2 Å². The number of rotatable bonds is 23. The quantitative estimate of drug-likeness (QED) is 0.0150. The van der Waals surface area contributed by atoms with E-state index in [0.29, 0.717) is 66.2 Å². The first-order valence-electron chi connectivity index (χ1n) is 34.4. The number of methoxy groups -OCH3 is 3. The Morgan fingerprint density at radius 2 is 0.873 bits per heavy atom. The zero-order chi connectivity index (χ0) is 77.8. The molecule has 0 radical (unpaired) electrons. The fourth-order valence-electron chi connectivity index (χ4n) is 11.9. The van der Waals surface area contributed by atoms with Crippen LogP contribution in [-0.2, 0) is 48.2 Å². The van der Waals surface area contributed by atoms with Gasteiger partial charge in [0.05, 0.1) is 59.3 Å². The number of carbonyl (C=O) groups is 6. The maximum atomic E-state index is 14.8. The van der Waals surface area contributed by atoms with Crippen LogP contribution in [0.2, 0.25) is 0 Å². The number of carbonyl (C=O) groups excluding carboxylic acids is 6. The second kappa shape index (κ2) is 38.1. The molecule has 9 aromatic carbocycles. The lowest BCUT2D eigenvalue weighted by atomic mass is 9.98. The highest BCUT2D eigenvalue weighted by Gasteiger charge is 2.45. The van der Waals surface area contributed by atoms with Crippen molar-refractivity contribution < 1.29 is 89.0 Å².